The predicted octanol–water partition coefficient (Wildman–Crippen LogP) is 4.09. The number of aromatic nitrogens is 3. The minimum Gasteiger partial charge on any atom is -0.382 e. The molecule has 0 aliphatic rings. The van der Waals surface area contributed by atoms with E-state index in [1.165, 1.54) is 12.1 Å². The average Bonchev–Trinajstić information content (AvgIpc) is 3.13. The zero-order valence-electron chi connectivity index (χ0n) is 18.0. The number of imidazole rings is 1. The quantitative estimate of drug-likeness (QED) is 0.480. The van der Waals surface area contributed by atoms with Crippen molar-refractivity contribution in [3.8, 4) is 0 Å². The summed E-state index contributed by atoms with van der Waals surface area (Å²) < 4.78 is 45.5. The van der Waals surface area contributed by atoms with Crippen molar-refractivity contribution in [3.05, 3.63) is 53.0 Å². The van der Waals surface area contributed by atoms with E-state index in [2.05, 4.69) is 19.9 Å². The fourth-order valence-corrected chi connectivity index (χ4v) is 3.42. The summed E-state index contributed by atoms with van der Waals surface area (Å²) in [6.07, 6.45) is -1.28. The molecule has 0 saturated heterocycles. The Balaban J connectivity index is 1.58. The molecule has 1 aromatic carbocycles. The van der Waals surface area contributed by atoms with Crippen LogP contribution < -0.4 is 11.1 Å². The number of carbonyl (C=O) groups excluding carboxylic acids is 1. The Labute approximate surface area is 183 Å². The van der Waals surface area contributed by atoms with Gasteiger partial charge in [0, 0.05) is 31.5 Å². The number of aryl methyl sites for hydroxylation is 2. The molecule has 0 radical (unpaired) electrons. The Kier molecular flexibility index (Phi) is 7.34. The Bertz CT molecular complexity index is 1080. The zero-order chi connectivity index (χ0) is 23.3. The van der Waals surface area contributed by atoms with Crippen LogP contribution in [0.1, 0.15) is 47.1 Å². The van der Waals surface area contributed by atoms with Gasteiger partial charge in [-0.05, 0) is 56.5 Å². The molecule has 1 amide bonds. The standard InChI is InChI=1S/C22H26F3N5O2/c1-3-32-13-17-29-18-19(14(2)12-28-20(18)26)30(17)11-5-4-10-27-21(31)15-6-8-16(9-7-15)22(23,24)25/h6-9,12H,3-5,10-11,13H2,1-2H3,(H2,26,28)(H,27,31). The third-order valence-corrected chi connectivity index (χ3v) is 5.06. The highest BCUT2D eigenvalue weighted by Crippen LogP contribution is 2.29. The number of unbranched alkanes of at least 4 members (excludes halogenated alkanes) is 1. The van der Waals surface area contributed by atoms with E-state index in [-0.39, 0.29) is 5.56 Å². The van der Waals surface area contributed by atoms with Crippen LogP contribution in [0, 0.1) is 6.92 Å². The van der Waals surface area contributed by atoms with Gasteiger partial charge in [-0.25, -0.2) is 9.97 Å². The number of amides is 1. The molecule has 3 aromatic rings. The smallest absolute Gasteiger partial charge is 0.382 e. The summed E-state index contributed by atoms with van der Waals surface area (Å²) in [4.78, 5) is 21.0. The summed E-state index contributed by atoms with van der Waals surface area (Å²) in [5.74, 6) is 0.725. The van der Waals surface area contributed by atoms with Gasteiger partial charge < -0.3 is 20.4 Å². The van der Waals surface area contributed by atoms with E-state index in [0.29, 0.717) is 44.1 Å². The number of anilines is 1. The zero-order valence-corrected chi connectivity index (χ0v) is 18.0. The first-order valence-corrected chi connectivity index (χ1v) is 10.4. The molecular weight excluding hydrogens is 423 g/mol. The second kappa shape index (κ2) is 9.99. The maximum absolute atomic E-state index is 12.6. The minimum atomic E-state index is -4.42. The van der Waals surface area contributed by atoms with Crippen LogP contribution in [0.5, 0.6) is 0 Å². The molecular formula is C22H26F3N5O2. The predicted molar refractivity (Wildman–Crippen MR) is 115 cm³/mol. The fourth-order valence-electron chi connectivity index (χ4n) is 3.42. The first-order chi connectivity index (χ1) is 15.2. The normalized spacial score (nSPS) is 11.8. The van der Waals surface area contributed by atoms with Gasteiger partial charge in [-0.1, -0.05) is 0 Å². The number of hydrogen-bond acceptors (Lipinski definition) is 5. The van der Waals surface area contributed by atoms with Gasteiger partial charge in [0.25, 0.3) is 5.91 Å². The molecule has 2 heterocycles. The van der Waals surface area contributed by atoms with Crippen molar-refractivity contribution in [2.75, 3.05) is 18.9 Å². The number of alkyl halides is 3. The molecule has 7 nitrogen and oxygen atoms in total. The van der Waals surface area contributed by atoms with Crippen LogP contribution in [0.2, 0.25) is 0 Å². The highest BCUT2D eigenvalue weighted by atomic mass is 19.4. The summed E-state index contributed by atoms with van der Waals surface area (Å²) in [7, 11) is 0. The van der Waals surface area contributed by atoms with Gasteiger partial charge in [0.1, 0.15) is 17.9 Å². The number of halogens is 3. The lowest BCUT2D eigenvalue weighted by Crippen LogP contribution is -2.24. The summed E-state index contributed by atoms with van der Waals surface area (Å²) >= 11 is 0. The molecule has 3 N–H and O–H groups in total. The minimum absolute atomic E-state index is 0.191. The van der Waals surface area contributed by atoms with Crippen molar-refractivity contribution in [1.29, 1.82) is 0 Å². The number of nitrogen functional groups attached to an aromatic ring is 1. The van der Waals surface area contributed by atoms with E-state index < -0.39 is 17.6 Å². The molecule has 0 aliphatic heterocycles. The first-order valence-electron chi connectivity index (χ1n) is 10.4. The summed E-state index contributed by atoms with van der Waals surface area (Å²) in [6.45, 7) is 5.82. The molecule has 0 fully saturated rings. The maximum Gasteiger partial charge on any atom is 0.416 e. The molecule has 10 heteroatoms. The van der Waals surface area contributed by atoms with E-state index in [9.17, 15) is 18.0 Å². The number of ether oxygens (including phenoxy) is 1. The number of nitrogens with two attached hydrogens (primary N) is 1. The SMILES string of the molecule is CCOCc1nc2c(N)ncc(C)c2n1CCCCNC(=O)c1ccc(C(F)(F)F)cc1. The Morgan fingerprint density at radius 3 is 2.59 bits per heavy atom. The Morgan fingerprint density at radius 1 is 1.22 bits per heavy atom. The van der Waals surface area contributed by atoms with Crippen LogP contribution in [-0.2, 0) is 24.1 Å². The average molecular weight is 449 g/mol. The molecule has 0 spiro atoms. The molecule has 0 atom stereocenters. The molecule has 0 aliphatic carbocycles. The van der Waals surface area contributed by atoms with Gasteiger partial charge in [0.2, 0.25) is 0 Å². The summed E-state index contributed by atoms with van der Waals surface area (Å²) in [5, 5.41) is 2.74. The van der Waals surface area contributed by atoms with Crippen molar-refractivity contribution in [1.82, 2.24) is 19.9 Å². The van der Waals surface area contributed by atoms with Crippen LogP contribution >= 0.6 is 0 Å². The lowest BCUT2D eigenvalue weighted by molar-refractivity contribution is -0.137. The van der Waals surface area contributed by atoms with Gasteiger partial charge in [-0.2, -0.15) is 13.2 Å². The summed E-state index contributed by atoms with van der Waals surface area (Å²) in [5.41, 5.74) is 7.93. The van der Waals surface area contributed by atoms with Crippen molar-refractivity contribution in [2.24, 2.45) is 0 Å². The van der Waals surface area contributed by atoms with E-state index in [1.807, 2.05) is 13.8 Å². The lowest BCUT2D eigenvalue weighted by Gasteiger charge is -2.11. The van der Waals surface area contributed by atoms with Crippen LogP contribution in [0.15, 0.2) is 30.5 Å². The van der Waals surface area contributed by atoms with Gasteiger partial charge in [0.15, 0.2) is 5.82 Å². The second-order valence-electron chi connectivity index (χ2n) is 7.38. The lowest BCUT2D eigenvalue weighted by atomic mass is 10.1. The topological polar surface area (TPSA) is 95.1 Å². The van der Waals surface area contributed by atoms with Gasteiger partial charge in [0.05, 0.1) is 11.1 Å². The van der Waals surface area contributed by atoms with Crippen molar-refractivity contribution >= 4 is 22.8 Å². The first kappa shape index (κ1) is 23.5. The third-order valence-electron chi connectivity index (χ3n) is 5.06. The van der Waals surface area contributed by atoms with E-state index in [1.54, 1.807) is 6.20 Å². The highest BCUT2D eigenvalue weighted by molar-refractivity contribution is 5.94. The van der Waals surface area contributed by atoms with Crippen LogP contribution in [0.25, 0.3) is 11.0 Å². The number of nitrogens with one attached hydrogen (secondary N) is 1. The largest absolute Gasteiger partial charge is 0.416 e. The highest BCUT2D eigenvalue weighted by Gasteiger charge is 2.30. The monoisotopic (exact) mass is 449 g/mol. The van der Waals surface area contributed by atoms with Crippen molar-refractivity contribution in [2.45, 2.75) is 46.0 Å². The molecule has 0 bridgehead atoms. The number of hydrogen-bond donors (Lipinski definition) is 2. The molecule has 3 rings (SSSR count). The fraction of sp³-hybridized carbons (Fsp3) is 0.409. The van der Waals surface area contributed by atoms with Gasteiger partial charge in [-0.15, -0.1) is 0 Å². The van der Waals surface area contributed by atoms with E-state index >= 15 is 0 Å². The number of pyridine rings is 1. The number of benzene rings is 1. The van der Waals surface area contributed by atoms with Crippen molar-refractivity contribution in [3.63, 3.8) is 0 Å². The Hall–Kier alpha value is -3.14. The number of carbonyl (C=O) groups is 1. The van der Waals surface area contributed by atoms with E-state index in [0.717, 1.165) is 35.5 Å². The molecule has 32 heavy (non-hydrogen) atoms. The van der Waals surface area contributed by atoms with Crippen LogP contribution in [0.4, 0.5) is 19.0 Å². The molecule has 0 saturated carbocycles. The second-order valence-corrected chi connectivity index (χ2v) is 7.38. The van der Waals surface area contributed by atoms with Crippen LogP contribution in [0.3, 0.4) is 0 Å². The van der Waals surface area contributed by atoms with Crippen molar-refractivity contribution < 1.29 is 22.7 Å². The Morgan fingerprint density at radius 2 is 1.94 bits per heavy atom. The van der Waals surface area contributed by atoms with E-state index in [4.69, 9.17) is 10.5 Å². The number of nitrogens with zero attached hydrogens (tertiary/aromatic N) is 3. The number of rotatable bonds is 9. The third kappa shape index (κ3) is 5.37. The van der Waals surface area contributed by atoms with Gasteiger partial charge >= 0.3 is 6.18 Å². The molecule has 172 valence electrons. The molecule has 2 aromatic heterocycles. The van der Waals surface area contributed by atoms with Crippen LogP contribution in [-0.4, -0.2) is 33.6 Å². The molecule has 0 unspecified atom stereocenters. The summed E-state index contributed by atoms with van der Waals surface area (Å²) in [6, 6.07) is 4.16. The maximum atomic E-state index is 12.6. The van der Waals surface area contributed by atoms with Gasteiger partial charge in [-0.3, -0.25) is 4.79 Å². The number of fused-ring (bicyclic) bond motifs is 1.